The second-order valence-corrected chi connectivity index (χ2v) is 5.47. The first kappa shape index (κ1) is 16.2. The maximum atomic E-state index is 12.0. The van der Waals surface area contributed by atoms with E-state index < -0.39 is 5.97 Å². The van der Waals surface area contributed by atoms with Crippen LogP contribution in [-0.4, -0.2) is 27.7 Å². The van der Waals surface area contributed by atoms with Crippen LogP contribution in [0.5, 0.6) is 0 Å². The van der Waals surface area contributed by atoms with Crippen molar-refractivity contribution in [3.63, 3.8) is 0 Å². The highest BCUT2D eigenvalue weighted by molar-refractivity contribution is 6.30. The Kier molecular flexibility index (Phi) is 4.61. The number of aromatic nitrogens is 3. The van der Waals surface area contributed by atoms with Gasteiger partial charge in [-0.3, -0.25) is 0 Å². The summed E-state index contributed by atoms with van der Waals surface area (Å²) in [5.41, 5.74) is 1.31. The van der Waals surface area contributed by atoms with E-state index >= 15 is 0 Å². The molecule has 8 heteroatoms. The van der Waals surface area contributed by atoms with E-state index in [0.29, 0.717) is 28.6 Å². The van der Waals surface area contributed by atoms with Gasteiger partial charge in [0.25, 0.3) is 5.71 Å². The van der Waals surface area contributed by atoms with Gasteiger partial charge in [-0.1, -0.05) is 28.9 Å². The molecule has 1 aromatic carbocycles. The Morgan fingerprint density at radius 2 is 2.04 bits per heavy atom. The summed E-state index contributed by atoms with van der Waals surface area (Å²) in [5.74, 6) is 0.405. The fourth-order valence-electron chi connectivity index (χ4n) is 2.22. The summed E-state index contributed by atoms with van der Waals surface area (Å²) < 4.78 is 10.1. The number of carbonyl (C=O) groups excluding carboxylic acids is 1. The molecule has 0 atom stereocenters. The number of benzene rings is 1. The molecular formula is C16H15ClN4O3. The summed E-state index contributed by atoms with van der Waals surface area (Å²) in [7, 11) is 0. The molecule has 124 valence electrons. The third kappa shape index (κ3) is 3.30. The lowest BCUT2D eigenvalue weighted by Crippen LogP contribution is -2.08. The molecule has 24 heavy (non-hydrogen) atoms. The van der Waals surface area contributed by atoms with Gasteiger partial charge < -0.3 is 14.6 Å². The van der Waals surface area contributed by atoms with Crippen LogP contribution >= 0.6 is 11.6 Å². The maximum Gasteiger partial charge on any atom is 0.361 e. The van der Waals surface area contributed by atoms with Crippen LogP contribution in [0.1, 0.15) is 28.8 Å². The van der Waals surface area contributed by atoms with Crippen molar-refractivity contribution in [2.45, 2.75) is 20.4 Å². The summed E-state index contributed by atoms with van der Waals surface area (Å²) in [6, 6.07) is 7.42. The van der Waals surface area contributed by atoms with Gasteiger partial charge in [-0.15, -0.1) is 0 Å². The average Bonchev–Trinajstić information content (AvgIpc) is 2.98. The number of carbonyl (C=O) groups is 1. The Balaban J connectivity index is 1.94. The molecule has 0 spiro atoms. The molecule has 0 radical (unpaired) electrons. The van der Waals surface area contributed by atoms with Crippen LogP contribution in [0.3, 0.4) is 0 Å². The highest BCUT2D eigenvalue weighted by atomic mass is 35.5. The zero-order valence-corrected chi connectivity index (χ0v) is 13.9. The smallest absolute Gasteiger partial charge is 0.361 e. The number of halogens is 1. The van der Waals surface area contributed by atoms with Crippen molar-refractivity contribution in [1.29, 1.82) is 0 Å². The number of rotatable bonds is 5. The molecule has 0 bridgehead atoms. The summed E-state index contributed by atoms with van der Waals surface area (Å²) in [4.78, 5) is 20.5. The summed E-state index contributed by atoms with van der Waals surface area (Å²) in [6.45, 7) is 4.20. The summed E-state index contributed by atoms with van der Waals surface area (Å²) >= 11 is 5.89. The molecule has 0 unspecified atom stereocenters. The fourth-order valence-corrected chi connectivity index (χ4v) is 2.34. The first-order chi connectivity index (χ1) is 11.6. The third-order valence-corrected chi connectivity index (χ3v) is 3.54. The standard InChI is InChI=1S/C16H15ClN4O3/c1-3-23-16(22)13-12-14(19-9(2)20-15(12)24-21-13)18-8-10-4-6-11(17)7-5-10/h4-7H,3,8H2,1-2H3,(H,18,19,20). The lowest BCUT2D eigenvalue weighted by Gasteiger charge is -2.08. The minimum atomic E-state index is -0.571. The van der Waals surface area contributed by atoms with Crippen LogP contribution in [0.2, 0.25) is 5.02 Å². The van der Waals surface area contributed by atoms with Crippen molar-refractivity contribution < 1.29 is 14.1 Å². The SMILES string of the molecule is CCOC(=O)c1noc2nc(C)nc(NCc3ccc(Cl)cc3)c12. The van der Waals surface area contributed by atoms with E-state index in [0.717, 1.165) is 5.56 Å². The largest absolute Gasteiger partial charge is 0.461 e. The zero-order chi connectivity index (χ0) is 17.1. The van der Waals surface area contributed by atoms with Gasteiger partial charge in [0.2, 0.25) is 5.69 Å². The number of ether oxygens (including phenoxy) is 1. The Morgan fingerprint density at radius 1 is 1.29 bits per heavy atom. The molecule has 0 saturated carbocycles. The van der Waals surface area contributed by atoms with E-state index in [1.807, 2.05) is 24.3 Å². The van der Waals surface area contributed by atoms with E-state index in [9.17, 15) is 4.79 Å². The molecule has 0 saturated heterocycles. The Hall–Kier alpha value is -2.67. The number of fused-ring (bicyclic) bond motifs is 1. The van der Waals surface area contributed by atoms with Gasteiger partial charge in [0.1, 0.15) is 17.0 Å². The second-order valence-electron chi connectivity index (χ2n) is 5.03. The first-order valence-corrected chi connectivity index (χ1v) is 7.75. The second kappa shape index (κ2) is 6.84. The molecule has 1 N–H and O–H groups in total. The third-order valence-electron chi connectivity index (χ3n) is 3.29. The van der Waals surface area contributed by atoms with Crippen molar-refractivity contribution in [1.82, 2.24) is 15.1 Å². The van der Waals surface area contributed by atoms with Gasteiger partial charge in [-0.25, -0.2) is 9.78 Å². The molecule has 0 amide bonds. The maximum absolute atomic E-state index is 12.0. The average molecular weight is 347 g/mol. The lowest BCUT2D eigenvalue weighted by atomic mass is 10.2. The highest BCUT2D eigenvalue weighted by Gasteiger charge is 2.22. The van der Waals surface area contributed by atoms with Crippen molar-refractivity contribution in [3.8, 4) is 0 Å². The van der Waals surface area contributed by atoms with E-state index in [1.54, 1.807) is 13.8 Å². The molecule has 0 fully saturated rings. The lowest BCUT2D eigenvalue weighted by molar-refractivity contribution is 0.0517. The number of nitrogens with one attached hydrogen (secondary N) is 1. The summed E-state index contributed by atoms with van der Waals surface area (Å²) in [5, 5.41) is 8.04. The monoisotopic (exact) mass is 346 g/mol. The first-order valence-electron chi connectivity index (χ1n) is 7.38. The zero-order valence-electron chi connectivity index (χ0n) is 13.2. The van der Waals surface area contributed by atoms with E-state index in [2.05, 4.69) is 20.4 Å². The molecule has 3 aromatic rings. The molecule has 7 nitrogen and oxygen atoms in total. The van der Waals surface area contributed by atoms with Crippen LogP contribution in [0.4, 0.5) is 5.82 Å². The Labute approximate surface area is 143 Å². The van der Waals surface area contributed by atoms with Crippen molar-refractivity contribution in [2.24, 2.45) is 0 Å². The van der Waals surface area contributed by atoms with Crippen LogP contribution in [0.15, 0.2) is 28.8 Å². The molecule has 0 aliphatic carbocycles. The topological polar surface area (TPSA) is 90.1 Å². The predicted octanol–water partition coefficient (Wildman–Crippen LogP) is 3.37. The van der Waals surface area contributed by atoms with E-state index in [1.165, 1.54) is 0 Å². The minimum Gasteiger partial charge on any atom is -0.461 e. The number of hydrogen-bond acceptors (Lipinski definition) is 7. The fraction of sp³-hybridized carbons (Fsp3) is 0.250. The van der Waals surface area contributed by atoms with Gasteiger partial charge in [0.05, 0.1) is 6.61 Å². The number of nitrogens with zero attached hydrogens (tertiary/aromatic N) is 3. The van der Waals surface area contributed by atoms with Crippen molar-refractivity contribution in [3.05, 3.63) is 46.4 Å². The number of anilines is 1. The number of esters is 1. The van der Waals surface area contributed by atoms with Crippen LogP contribution in [0, 0.1) is 6.92 Å². The van der Waals surface area contributed by atoms with Crippen molar-refractivity contribution >= 4 is 34.5 Å². The van der Waals surface area contributed by atoms with Crippen LogP contribution < -0.4 is 5.32 Å². The number of aryl methyl sites for hydroxylation is 1. The van der Waals surface area contributed by atoms with E-state index in [4.69, 9.17) is 20.9 Å². The predicted molar refractivity (Wildman–Crippen MR) is 89.1 cm³/mol. The van der Waals surface area contributed by atoms with Gasteiger partial charge in [0.15, 0.2) is 0 Å². The minimum absolute atomic E-state index is 0.0606. The van der Waals surface area contributed by atoms with Gasteiger partial charge in [-0.2, -0.15) is 4.98 Å². The number of hydrogen-bond donors (Lipinski definition) is 1. The molecule has 3 rings (SSSR count). The van der Waals surface area contributed by atoms with Crippen LogP contribution in [0.25, 0.3) is 11.1 Å². The Bertz CT molecular complexity index is 877. The molecule has 0 aliphatic heterocycles. The quantitative estimate of drug-likeness (QED) is 0.708. The molecular weight excluding hydrogens is 332 g/mol. The van der Waals surface area contributed by atoms with Gasteiger partial charge in [0, 0.05) is 11.6 Å². The highest BCUT2D eigenvalue weighted by Crippen LogP contribution is 2.25. The van der Waals surface area contributed by atoms with Crippen LogP contribution in [-0.2, 0) is 11.3 Å². The normalized spacial score (nSPS) is 10.8. The van der Waals surface area contributed by atoms with Gasteiger partial charge in [-0.05, 0) is 31.5 Å². The summed E-state index contributed by atoms with van der Waals surface area (Å²) in [6.07, 6.45) is 0. The molecule has 0 aliphatic rings. The molecule has 2 aromatic heterocycles. The van der Waals surface area contributed by atoms with Gasteiger partial charge >= 0.3 is 5.97 Å². The molecule has 2 heterocycles. The Morgan fingerprint density at radius 3 is 2.75 bits per heavy atom. The van der Waals surface area contributed by atoms with Crippen molar-refractivity contribution in [2.75, 3.05) is 11.9 Å². The van der Waals surface area contributed by atoms with E-state index in [-0.39, 0.29) is 18.0 Å².